The highest BCUT2D eigenvalue weighted by molar-refractivity contribution is 6.89. The molecule has 0 atom stereocenters. The maximum absolute atomic E-state index is 2.44. The number of benzene rings is 2. The molecule has 4 heteroatoms. The van der Waals surface area contributed by atoms with Crippen molar-refractivity contribution in [3.05, 3.63) is 109 Å². The van der Waals surface area contributed by atoms with Crippen LogP contribution in [0.5, 0.6) is 0 Å². The van der Waals surface area contributed by atoms with Crippen LogP contribution in [0, 0.1) is 0 Å². The van der Waals surface area contributed by atoms with Crippen molar-refractivity contribution in [3.8, 4) is 11.4 Å². The highest BCUT2D eigenvalue weighted by atomic mass is 35.5. The van der Waals surface area contributed by atoms with Gasteiger partial charge in [0.2, 0.25) is 11.4 Å². The van der Waals surface area contributed by atoms with Gasteiger partial charge in [0, 0.05) is 12.1 Å². The summed E-state index contributed by atoms with van der Waals surface area (Å²) < 4.78 is 4.89. The maximum Gasteiger partial charge on any atom is 0.603 e. The molecule has 3 heterocycles. The Morgan fingerprint density at radius 3 is 1.27 bits per heavy atom. The van der Waals surface area contributed by atoms with Crippen LogP contribution < -0.4 is 32.3 Å². The Bertz CT molecular complexity index is 965. The number of hydrogen-bond acceptors (Lipinski definition) is 0. The lowest BCUT2D eigenvalue weighted by molar-refractivity contribution is -0.636. The Balaban J connectivity index is 0.00000168. The average Bonchev–Trinajstić information content (AvgIpc) is 3.01. The van der Waals surface area contributed by atoms with E-state index in [0.717, 1.165) is 0 Å². The quantitative estimate of drug-likeness (QED) is 0.355. The van der Waals surface area contributed by atoms with E-state index < -0.39 is 6.42 Å². The minimum atomic E-state index is -1.31. The van der Waals surface area contributed by atoms with Crippen molar-refractivity contribution in [2.75, 3.05) is 0 Å². The number of pyridine rings is 2. The van der Waals surface area contributed by atoms with Gasteiger partial charge in [0.05, 0.1) is 0 Å². The van der Waals surface area contributed by atoms with E-state index in [-0.39, 0.29) is 12.4 Å². The van der Waals surface area contributed by atoms with Crippen LogP contribution in [-0.4, -0.2) is 6.42 Å². The zero-order valence-electron chi connectivity index (χ0n) is 14.2. The monoisotopic (exact) mass is 356 g/mol. The second-order valence-corrected chi connectivity index (χ2v) is 6.58. The van der Waals surface area contributed by atoms with Crippen molar-refractivity contribution >= 4 is 17.3 Å². The van der Waals surface area contributed by atoms with Crippen LogP contribution in [0.4, 0.5) is 0 Å². The summed E-state index contributed by atoms with van der Waals surface area (Å²) in [5, 5.41) is 0. The van der Waals surface area contributed by atoms with E-state index in [4.69, 9.17) is 0 Å². The summed E-state index contributed by atoms with van der Waals surface area (Å²) in [6, 6.07) is 34.6. The first kappa shape index (κ1) is 16.6. The summed E-state index contributed by atoms with van der Waals surface area (Å²) >= 11 is 0. The van der Waals surface area contributed by atoms with Gasteiger partial charge in [0.1, 0.15) is 12.4 Å². The lowest BCUT2D eigenvalue weighted by Crippen LogP contribution is -3.00. The van der Waals surface area contributed by atoms with Gasteiger partial charge in [0.15, 0.2) is 0 Å². The third-order valence-electron chi connectivity index (χ3n) is 5.38. The lowest BCUT2D eigenvalue weighted by Gasteiger charge is -2.25. The second kappa shape index (κ2) is 6.43. The van der Waals surface area contributed by atoms with Gasteiger partial charge >= 0.3 is 6.42 Å². The number of halogens is 1. The SMILES string of the molecule is [Cl-].c1ccc([B-]2(c3ccccc3)[n+]3ccccc3-c3cccc[n+]32)cc1. The molecule has 1 aliphatic rings. The molecule has 0 aliphatic carbocycles. The smallest absolute Gasteiger partial charge is 0.603 e. The molecule has 26 heavy (non-hydrogen) atoms. The zero-order chi connectivity index (χ0) is 16.7. The van der Waals surface area contributed by atoms with Crippen molar-refractivity contribution in [2.45, 2.75) is 0 Å². The standard InChI is InChI=1S/C22H18BN2.ClH/c1-3-11-19(12-4-1)23(20-13-5-2-6-14-20)24-17-9-7-15-21(24)22-16-8-10-18-25(22)23;/h1-18H;1H/q+1;/p-1. The second-order valence-electron chi connectivity index (χ2n) is 6.58. The van der Waals surface area contributed by atoms with Crippen molar-refractivity contribution in [1.29, 1.82) is 0 Å². The molecule has 0 N–H and O–H groups in total. The maximum atomic E-state index is 2.44. The molecule has 0 spiro atoms. The van der Waals surface area contributed by atoms with Gasteiger partial charge in [-0.15, -0.1) is 0 Å². The number of nitrogens with zero attached hydrogens (tertiary/aromatic N) is 2. The molecular formula is C22H18BClN2. The minimum Gasteiger partial charge on any atom is -1.00 e. The molecular weight excluding hydrogens is 339 g/mol. The van der Waals surface area contributed by atoms with Gasteiger partial charge in [-0.25, -0.2) is 0 Å². The van der Waals surface area contributed by atoms with Gasteiger partial charge in [-0.1, -0.05) is 60.7 Å². The minimum absolute atomic E-state index is 0. The van der Waals surface area contributed by atoms with Gasteiger partial charge < -0.3 is 21.4 Å². The van der Waals surface area contributed by atoms with Crippen molar-refractivity contribution in [3.63, 3.8) is 0 Å². The normalized spacial score (nSPS) is 13.4. The fourth-order valence-corrected chi connectivity index (χ4v) is 4.41. The Labute approximate surface area is 159 Å². The Kier molecular flexibility index (Phi) is 4.10. The van der Waals surface area contributed by atoms with E-state index in [1.807, 2.05) is 0 Å². The Hall–Kier alpha value is -2.91. The third-order valence-corrected chi connectivity index (χ3v) is 5.38. The molecule has 0 fully saturated rings. The van der Waals surface area contributed by atoms with Crippen LogP contribution >= 0.6 is 0 Å². The average molecular weight is 357 g/mol. The zero-order valence-corrected chi connectivity index (χ0v) is 15.0. The third kappa shape index (κ3) is 2.14. The molecule has 0 saturated heterocycles. The number of hydrogen-bond donors (Lipinski definition) is 0. The first-order valence-corrected chi connectivity index (χ1v) is 8.71. The summed E-state index contributed by atoms with van der Waals surface area (Å²) in [5.41, 5.74) is 5.11. The summed E-state index contributed by atoms with van der Waals surface area (Å²) in [6.07, 6.45) is 3.11. The molecule has 4 aromatic rings. The Morgan fingerprint density at radius 1 is 0.462 bits per heavy atom. The van der Waals surface area contributed by atoms with Gasteiger partial charge in [-0.2, -0.15) is 0 Å². The van der Waals surface area contributed by atoms with E-state index in [1.165, 1.54) is 22.3 Å². The fourth-order valence-electron chi connectivity index (χ4n) is 4.41. The van der Waals surface area contributed by atoms with Gasteiger partial charge in [-0.05, 0) is 35.2 Å². The largest absolute Gasteiger partial charge is 1.00 e. The van der Waals surface area contributed by atoms with Crippen LogP contribution in [0.3, 0.4) is 0 Å². The molecule has 1 aliphatic heterocycles. The predicted molar refractivity (Wildman–Crippen MR) is 101 cm³/mol. The molecule has 0 amide bonds. The number of fused-ring (bicyclic) bond motifs is 3. The summed E-state index contributed by atoms with van der Waals surface area (Å²) in [5.74, 6) is 0. The van der Waals surface area contributed by atoms with Gasteiger partial charge in [0.25, 0.3) is 0 Å². The molecule has 0 unspecified atom stereocenters. The van der Waals surface area contributed by atoms with Crippen LogP contribution in [0.15, 0.2) is 109 Å². The van der Waals surface area contributed by atoms with E-state index in [0.29, 0.717) is 0 Å². The van der Waals surface area contributed by atoms with E-state index in [9.17, 15) is 0 Å². The molecule has 2 nitrogen and oxygen atoms in total. The Morgan fingerprint density at radius 2 is 0.846 bits per heavy atom. The fraction of sp³-hybridized carbons (Fsp3) is 0. The van der Waals surface area contributed by atoms with E-state index in [2.05, 4.69) is 118 Å². The molecule has 5 rings (SSSR count). The molecule has 2 aromatic heterocycles. The number of rotatable bonds is 2. The topological polar surface area (TPSA) is 7.76 Å². The lowest BCUT2D eigenvalue weighted by atomic mass is 9.37. The van der Waals surface area contributed by atoms with Crippen molar-refractivity contribution < 1.29 is 21.4 Å². The predicted octanol–water partition coefficient (Wildman–Crippen LogP) is -1.10. The molecule has 126 valence electrons. The van der Waals surface area contributed by atoms with Crippen molar-refractivity contribution in [2.24, 2.45) is 0 Å². The highest BCUT2D eigenvalue weighted by Gasteiger charge is 2.59. The summed E-state index contributed by atoms with van der Waals surface area (Å²) in [7, 11) is 0. The van der Waals surface area contributed by atoms with E-state index in [1.54, 1.807) is 0 Å². The highest BCUT2D eigenvalue weighted by Crippen LogP contribution is 2.19. The molecule has 0 radical (unpaired) electrons. The molecule has 0 bridgehead atoms. The van der Waals surface area contributed by atoms with Crippen LogP contribution in [0.2, 0.25) is 0 Å². The van der Waals surface area contributed by atoms with Crippen LogP contribution in [0.1, 0.15) is 0 Å². The van der Waals surface area contributed by atoms with Crippen LogP contribution in [0.25, 0.3) is 11.4 Å². The van der Waals surface area contributed by atoms with E-state index >= 15 is 0 Å². The van der Waals surface area contributed by atoms with Crippen LogP contribution in [-0.2, 0) is 0 Å². The van der Waals surface area contributed by atoms with Crippen molar-refractivity contribution in [1.82, 2.24) is 0 Å². The number of aromatic nitrogens is 2. The summed E-state index contributed by atoms with van der Waals surface area (Å²) in [6.45, 7) is 0. The molecule has 0 saturated carbocycles. The summed E-state index contributed by atoms with van der Waals surface area (Å²) in [4.78, 5) is 0. The van der Waals surface area contributed by atoms with Gasteiger partial charge in [-0.3, -0.25) is 0 Å². The molecule has 2 aromatic carbocycles. The first-order chi connectivity index (χ1) is 12.4. The first-order valence-electron chi connectivity index (χ1n) is 8.71.